The van der Waals surface area contributed by atoms with E-state index in [4.69, 9.17) is 4.74 Å². The molecule has 2 aliphatic heterocycles. The number of sulfonamides is 1. The number of piperidine rings is 1. The van der Waals surface area contributed by atoms with E-state index in [1.54, 1.807) is 18.2 Å². The lowest BCUT2D eigenvalue weighted by Crippen LogP contribution is -2.62. The average molecular weight is 496 g/mol. The van der Waals surface area contributed by atoms with Crippen molar-refractivity contribution in [3.63, 3.8) is 0 Å². The monoisotopic (exact) mass is 496 g/mol. The number of anilines is 1. The number of nitrogens with zero attached hydrogens (tertiary/aromatic N) is 4. The zero-order chi connectivity index (χ0) is 24.1. The van der Waals surface area contributed by atoms with Crippen LogP contribution in [0.1, 0.15) is 12.0 Å². The molecule has 2 saturated heterocycles. The number of hydrogen-bond donors (Lipinski definition) is 0. The van der Waals surface area contributed by atoms with E-state index in [0.29, 0.717) is 0 Å². The molecule has 3 aromatic rings. The molecule has 34 heavy (non-hydrogen) atoms. The quantitative estimate of drug-likeness (QED) is 0.516. The highest BCUT2D eigenvalue weighted by molar-refractivity contribution is 7.89. The van der Waals surface area contributed by atoms with Crippen LogP contribution in [0.25, 0.3) is 11.0 Å². The zero-order valence-corrected chi connectivity index (χ0v) is 18.6. The summed E-state index contributed by atoms with van der Waals surface area (Å²) in [5, 5.41) is 0. The molecule has 0 aliphatic carbocycles. The van der Waals surface area contributed by atoms with Gasteiger partial charge < -0.3 is 9.64 Å². The lowest BCUT2D eigenvalue weighted by molar-refractivity contribution is -0.137. The molecule has 1 spiro atoms. The van der Waals surface area contributed by atoms with Crippen molar-refractivity contribution in [3.8, 4) is 0 Å². The van der Waals surface area contributed by atoms with Gasteiger partial charge in [-0.2, -0.15) is 17.5 Å². The maximum absolute atomic E-state index is 15.6. The van der Waals surface area contributed by atoms with Crippen molar-refractivity contribution in [1.29, 1.82) is 0 Å². The van der Waals surface area contributed by atoms with Crippen molar-refractivity contribution < 1.29 is 30.7 Å². The van der Waals surface area contributed by atoms with E-state index in [-0.39, 0.29) is 54.4 Å². The summed E-state index contributed by atoms with van der Waals surface area (Å²) in [6.45, 7) is 0.0104. The zero-order valence-electron chi connectivity index (χ0n) is 17.7. The van der Waals surface area contributed by atoms with Crippen LogP contribution in [0.3, 0.4) is 0 Å². The maximum Gasteiger partial charge on any atom is 0.416 e. The van der Waals surface area contributed by atoms with Crippen LogP contribution < -0.4 is 4.90 Å². The molecular formula is C22H20F4N4O3S. The van der Waals surface area contributed by atoms with E-state index >= 15 is 4.39 Å². The van der Waals surface area contributed by atoms with Crippen LogP contribution in [-0.2, 0) is 20.9 Å². The van der Waals surface area contributed by atoms with Crippen LogP contribution >= 0.6 is 0 Å². The Hall–Kier alpha value is -2.83. The third-order valence-electron chi connectivity index (χ3n) is 6.19. The third kappa shape index (κ3) is 3.79. The normalized spacial score (nSPS) is 24.2. The van der Waals surface area contributed by atoms with Gasteiger partial charge >= 0.3 is 6.18 Å². The Morgan fingerprint density at radius 2 is 1.82 bits per heavy atom. The Morgan fingerprint density at radius 1 is 1.06 bits per heavy atom. The SMILES string of the molecule is O=S(=O)(c1ccccc1)N1CCOC12CCN(c1cnc3ccc(C(F)(F)F)cc3n1)CC2F. The van der Waals surface area contributed by atoms with Crippen LogP contribution in [-0.4, -0.2) is 60.8 Å². The number of benzene rings is 2. The van der Waals surface area contributed by atoms with Gasteiger partial charge in [0.1, 0.15) is 5.82 Å². The summed E-state index contributed by atoms with van der Waals surface area (Å²) in [6, 6.07) is 10.8. The van der Waals surface area contributed by atoms with Gasteiger partial charge in [0.25, 0.3) is 0 Å². The first kappa shape index (κ1) is 22.9. The third-order valence-corrected chi connectivity index (χ3v) is 8.13. The predicted molar refractivity (Wildman–Crippen MR) is 115 cm³/mol. The van der Waals surface area contributed by atoms with Gasteiger partial charge in [0, 0.05) is 19.5 Å². The lowest BCUT2D eigenvalue weighted by atomic mass is 9.98. The van der Waals surface area contributed by atoms with E-state index in [9.17, 15) is 21.6 Å². The van der Waals surface area contributed by atoms with Crippen molar-refractivity contribution >= 4 is 26.9 Å². The summed E-state index contributed by atoms with van der Waals surface area (Å²) in [6.07, 6.45) is -4.86. The second-order valence-electron chi connectivity index (χ2n) is 8.18. The maximum atomic E-state index is 15.6. The number of alkyl halides is 4. The van der Waals surface area contributed by atoms with Gasteiger partial charge in [-0.25, -0.2) is 17.8 Å². The first-order valence-corrected chi connectivity index (χ1v) is 12.0. The fraction of sp³-hybridized carbons (Fsp3) is 0.364. The number of aromatic nitrogens is 2. The molecule has 0 N–H and O–H groups in total. The first-order chi connectivity index (χ1) is 16.1. The van der Waals surface area contributed by atoms with Gasteiger partial charge in [-0.05, 0) is 30.3 Å². The molecule has 12 heteroatoms. The van der Waals surface area contributed by atoms with Crippen molar-refractivity contribution in [3.05, 3.63) is 60.3 Å². The number of fused-ring (bicyclic) bond motifs is 1. The first-order valence-electron chi connectivity index (χ1n) is 10.6. The lowest BCUT2D eigenvalue weighted by Gasteiger charge is -2.45. The predicted octanol–water partition coefficient (Wildman–Crippen LogP) is 3.61. The number of ether oxygens (including phenoxy) is 1. The van der Waals surface area contributed by atoms with Crippen LogP contribution in [0.2, 0.25) is 0 Å². The second kappa shape index (κ2) is 8.14. The molecule has 7 nitrogen and oxygen atoms in total. The van der Waals surface area contributed by atoms with Gasteiger partial charge in [0.05, 0.1) is 40.8 Å². The van der Waals surface area contributed by atoms with Crippen molar-refractivity contribution in [2.45, 2.75) is 29.4 Å². The smallest absolute Gasteiger partial charge is 0.355 e. The van der Waals surface area contributed by atoms with E-state index in [1.165, 1.54) is 29.3 Å². The highest BCUT2D eigenvalue weighted by atomic mass is 32.2. The Labute approximate surface area is 193 Å². The molecule has 1 aromatic heterocycles. The van der Waals surface area contributed by atoms with E-state index in [1.807, 2.05) is 0 Å². The molecule has 2 aliphatic rings. The van der Waals surface area contributed by atoms with Gasteiger partial charge in [-0.3, -0.25) is 4.98 Å². The van der Waals surface area contributed by atoms with Crippen molar-refractivity contribution in [1.82, 2.24) is 14.3 Å². The minimum atomic E-state index is -4.53. The molecule has 0 amide bonds. The van der Waals surface area contributed by atoms with Crippen molar-refractivity contribution in [2.24, 2.45) is 0 Å². The minimum Gasteiger partial charge on any atom is -0.355 e. The molecule has 2 aromatic carbocycles. The van der Waals surface area contributed by atoms with Crippen LogP contribution in [0.5, 0.6) is 0 Å². The van der Waals surface area contributed by atoms with E-state index < -0.39 is 33.7 Å². The van der Waals surface area contributed by atoms with Gasteiger partial charge in [-0.1, -0.05) is 18.2 Å². The summed E-state index contributed by atoms with van der Waals surface area (Å²) in [5.41, 5.74) is -2.19. The van der Waals surface area contributed by atoms with E-state index in [0.717, 1.165) is 16.4 Å². The topological polar surface area (TPSA) is 75.6 Å². The van der Waals surface area contributed by atoms with E-state index in [2.05, 4.69) is 9.97 Å². The molecule has 3 heterocycles. The summed E-state index contributed by atoms with van der Waals surface area (Å²) >= 11 is 0. The molecule has 0 radical (unpaired) electrons. The Balaban J connectivity index is 1.42. The highest BCUT2D eigenvalue weighted by Gasteiger charge is 2.57. The van der Waals surface area contributed by atoms with Gasteiger partial charge in [-0.15, -0.1) is 0 Å². The summed E-state index contributed by atoms with van der Waals surface area (Å²) in [5.74, 6) is 0.208. The standard InChI is InChI=1S/C22H20F4N4O3S/c23-19-14-29(20-13-27-17-7-6-15(22(24,25)26)12-18(17)28-20)9-8-21(19)30(10-11-33-21)34(31,32)16-4-2-1-3-5-16/h1-7,12-13,19H,8-11,14H2. The van der Waals surface area contributed by atoms with Crippen LogP contribution in [0.4, 0.5) is 23.4 Å². The molecule has 0 bridgehead atoms. The Bertz CT molecular complexity index is 1320. The fourth-order valence-corrected chi connectivity index (χ4v) is 6.21. The molecule has 180 valence electrons. The van der Waals surface area contributed by atoms with Gasteiger partial charge in [0.2, 0.25) is 10.0 Å². The second-order valence-corrected chi connectivity index (χ2v) is 10.0. The summed E-state index contributed by atoms with van der Waals surface area (Å²) < 4.78 is 88.1. The van der Waals surface area contributed by atoms with Gasteiger partial charge in [0.15, 0.2) is 11.9 Å². The summed E-state index contributed by atoms with van der Waals surface area (Å²) in [4.78, 5) is 10.0. The summed E-state index contributed by atoms with van der Waals surface area (Å²) in [7, 11) is -3.99. The Kier molecular flexibility index (Phi) is 5.49. The fourth-order valence-electron chi connectivity index (χ4n) is 4.47. The van der Waals surface area contributed by atoms with Crippen molar-refractivity contribution in [2.75, 3.05) is 31.1 Å². The van der Waals surface area contributed by atoms with Crippen LogP contribution in [0.15, 0.2) is 59.6 Å². The number of hydrogen-bond acceptors (Lipinski definition) is 6. The molecule has 2 fully saturated rings. The largest absolute Gasteiger partial charge is 0.416 e. The molecule has 2 atom stereocenters. The van der Waals surface area contributed by atoms with Crippen LogP contribution in [0, 0.1) is 0 Å². The molecular weight excluding hydrogens is 476 g/mol. The Morgan fingerprint density at radius 3 is 2.53 bits per heavy atom. The highest BCUT2D eigenvalue weighted by Crippen LogP contribution is 2.40. The number of rotatable bonds is 3. The number of halogens is 4. The molecule has 0 saturated carbocycles. The minimum absolute atomic E-state index is 0.0164. The molecule has 5 rings (SSSR count). The molecule has 2 unspecified atom stereocenters. The average Bonchev–Trinajstić information content (AvgIpc) is 3.26.